The zero-order chi connectivity index (χ0) is 10.2. The summed E-state index contributed by atoms with van der Waals surface area (Å²) in [6.45, 7) is 10.8. The van der Waals surface area contributed by atoms with Gasteiger partial charge in [0.1, 0.15) is 0 Å². The van der Waals surface area contributed by atoms with Crippen LogP contribution in [0.25, 0.3) is 0 Å². The first-order chi connectivity index (χ1) is 6.18. The van der Waals surface area contributed by atoms with Crippen molar-refractivity contribution in [1.29, 1.82) is 0 Å². The van der Waals surface area contributed by atoms with E-state index in [4.69, 9.17) is 9.05 Å². The number of hydrogen-bond acceptors (Lipinski definition) is 3. The molecule has 4 heteroatoms. The zero-order valence-corrected chi connectivity index (χ0v) is 8.54. The van der Waals surface area contributed by atoms with Gasteiger partial charge in [0.15, 0.2) is 0 Å². The molecule has 0 fully saturated rings. The molecule has 0 aliphatic heterocycles. The minimum absolute atomic E-state index is 0.203. The van der Waals surface area contributed by atoms with E-state index in [0.29, 0.717) is 0 Å². The summed E-state index contributed by atoms with van der Waals surface area (Å²) in [7, 11) is -3.01. The molecule has 0 atom stereocenters. The molecule has 0 heterocycles. The Kier molecular flexibility index (Phi) is 6.51. The zero-order valence-electron chi connectivity index (χ0n) is 7.65. The van der Waals surface area contributed by atoms with Gasteiger partial charge in [-0.3, -0.25) is 4.57 Å². The number of allylic oxidation sites excluding steroid dienone is 1. The molecule has 0 radical (unpaired) electrons. The fraction of sp³-hybridized carbons (Fsp3) is 0.333. The Hall–Kier alpha value is -0.630. The minimum atomic E-state index is -3.01. The maximum Gasteiger partial charge on any atom is 0.335 e. The Labute approximate surface area is 79.3 Å². The summed E-state index contributed by atoms with van der Waals surface area (Å²) >= 11 is 0. The van der Waals surface area contributed by atoms with E-state index in [0.717, 1.165) is 0 Å². The fourth-order valence-electron chi connectivity index (χ4n) is 0.633. The van der Waals surface area contributed by atoms with Gasteiger partial charge in [-0.1, -0.05) is 18.2 Å². The molecule has 3 nitrogen and oxygen atoms in total. The van der Waals surface area contributed by atoms with Crippen molar-refractivity contribution in [2.24, 2.45) is 0 Å². The van der Waals surface area contributed by atoms with E-state index in [9.17, 15) is 4.57 Å². The average Bonchev–Trinajstić information content (AvgIpc) is 2.12. The molecule has 0 unspecified atom stereocenters. The summed E-state index contributed by atoms with van der Waals surface area (Å²) in [5.74, 6) is 0. The van der Waals surface area contributed by atoms with E-state index in [1.807, 2.05) is 0 Å². The van der Waals surface area contributed by atoms with Crippen molar-refractivity contribution in [1.82, 2.24) is 0 Å². The molecule has 0 saturated carbocycles. The summed E-state index contributed by atoms with van der Waals surface area (Å²) in [6.07, 6.45) is 4.75. The number of hydrogen-bond donors (Lipinski definition) is 0. The molecular weight excluding hydrogens is 187 g/mol. The second-order valence-electron chi connectivity index (χ2n) is 2.25. The third kappa shape index (κ3) is 5.58. The van der Waals surface area contributed by atoms with Crippen LogP contribution >= 0.6 is 7.60 Å². The van der Waals surface area contributed by atoms with E-state index in [1.54, 1.807) is 0 Å². The van der Waals surface area contributed by atoms with Gasteiger partial charge in [0.2, 0.25) is 0 Å². The molecule has 0 spiro atoms. The van der Waals surface area contributed by atoms with Gasteiger partial charge < -0.3 is 9.05 Å². The molecule has 0 aromatic carbocycles. The lowest BCUT2D eigenvalue weighted by Gasteiger charge is -2.14. The molecule has 13 heavy (non-hydrogen) atoms. The summed E-state index contributed by atoms with van der Waals surface area (Å²) in [4.78, 5) is 0. The van der Waals surface area contributed by atoms with Crippen LogP contribution in [-0.2, 0) is 13.6 Å². The highest BCUT2D eigenvalue weighted by molar-refractivity contribution is 7.54. The Morgan fingerprint density at radius 2 is 1.46 bits per heavy atom. The van der Waals surface area contributed by atoms with Crippen LogP contribution in [0.2, 0.25) is 0 Å². The molecule has 0 saturated heterocycles. The molecule has 0 aromatic rings. The summed E-state index contributed by atoms with van der Waals surface area (Å²) in [5, 5.41) is 0. The van der Waals surface area contributed by atoms with E-state index >= 15 is 0 Å². The first kappa shape index (κ1) is 12.4. The van der Waals surface area contributed by atoms with Gasteiger partial charge in [-0.25, -0.2) is 0 Å². The van der Waals surface area contributed by atoms with Gasteiger partial charge in [0.25, 0.3) is 0 Å². The molecule has 0 amide bonds. The topological polar surface area (TPSA) is 35.5 Å². The minimum Gasteiger partial charge on any atom is -0.304 e. The van der Waals surface area contributed by atoms with Crippen LogP contribution in [0.15, 0.2) is 38.0 Å². The molecule has 0 aliphatic carbocycles. The number of rotatable bonds is 8. The highest BCUT2D eigenvalue weighted by atomic mass is 31.2. The second-order valence-corrected chi connectivity index (χ2v) is 4.35. The van der Waals surface area contributed by atoms with Crippen molar-refractivity contribution in [3.63, 3.8) is 0 Å². The van der Waals surface area contributed by atoms with E-state index < -0.39 is 7.60 Å². The smallest absolute Gasteiger partial charge is 0.304 e. The van der Waals surface area contributed by atoms with E-state index in [2.05, 4.69) is 19.7 Å². The largest absolute Gasteiger partial charge is 0.335 e. The Morgan fingerprint density at radius 3 is 1.77 bits per heavy atom. The fourth-order valence-corrected chi connectivity index (χ4v) is 1.90. The first-order valence-electron chi connectivity index (χ1n) is 3.89. The van der Waals surface area contributed by atoms with E-state index in [-0.39, 0.29) is 19.4 Å². The normalized spacial score (nSPS) is 10.8. The highest BCUT2D eigenvalue weighted by Gasteiger charge is 2.21. The van der Waals surface area contributed by atoms with Crippen molar-refractivity contribution < 1.29 is 13.6 Å². The van der Waals surface area contributed by atoms with Gasteiger partial charge in [-0.15, -0.1) is 19.7 Å². The SMILES string of the molecule is C=CCOP(=O)(CC=C)OCC=C. The monoisotopic (exact) mass is 202 g/mol. The van der Waals surface area contributed by atoms with Gasteiger partial charge in [-0.2, -0.15) is 0 Å². The molecular formula is C9H15O3P. The van der Waals surface area contributed by atoms with Crippen LogP contribution < -0.4 is 0 Å². The maximum absolute atomic E-state index is 11.7. The van der Waals surface area contributed by atoms with Crippen molar-refractivity contribution in [3.05, 3.63) is 38.0 Å². The second kappa shape index (κ2) is 6.84. The van der Waals surface area contributed by atoms with Crippen molar-refractivity contribution >= 4 is 7.60 Å². The summed E-state index contributed by atoms with van der Waals surface area (Å²) in [5.41, 5.74) is 0. The van der Waals surface area contributed by atoms with Crippen molar-refractivity contribution in [3.8, 4) is 0 Å². The standard InChI is InChI=1S/C9H15O3P/c1-4-7-11-13(10,9-6-3)12-8-5-2/h4-6H,1-3,7-9H2. The van der Waals surface area contributed by atoms with Crippen LogP contribution in [0.3, 0.4) is 0 Å². The van der Waals surface area contributed by atoms with Gasteiger partial charge in [0.05, 0.1) is 19.4 Å². The van der Waals surface area contributed by atoms with Crippen LogP contribution in [0.5, 0.6) is 0 Å². The lowest BCUT2D eigenvalue weighted by molar-refractivity contribution is 0.239. The predicted octanol–water partition coefficient (Wildman–Crippen LogP) is 2.77. The van der Waals surface area contributed by atoms with Crippen LogP contribution in [0.1, 0.15) is 0 Å². The maximum atomic E-state index is 11.7. The lowest BCUT2D eigenvalue weighted by Crippen LogP contribution is -1.98. The summed E-state index contributed by atoms with van der Waals surface area (Å²) < 4.78 is 21.8. The molecule has 0 aromatic heterocycles. The van der Waals surface area contributed by atoms with Crippen LogP contribution in [0.4, 0.5) is 0 Å². The Bertz CT molecular complexity index is 207. The third-order valence-corrected chi connectivity index (χ3v) is 2.92. The Morgan fingerprint density at radius 1 is 1.00 bits per heavy atom. The van der Waals surface area contributed by atoms with Gasteiger partial charge in [-0.05, 0) is 0 Å². The molecule has 0 bridgehead atoms. The lowest BCUT2D eigenvalue weighted by atomic mass is 10.7. The summed E-state index contributed by atoms with van der Waals surface area (Å²) in [6, 6.07) is 0. The Balaban J connectivity index is 4.14. The average molecular weight is 202 g/mol. The predicted molar refractivity (Wildman–Crippen MR) is 55.0 cm³/mol. The molecule has 0 N–H and O–H groups in total. The third-order valence-electron chi connectivity index (χ3n) is 1.13. The molecule has 74 valence electrons. The van der Waals surface area contributed by atoms with Crippen LogP contribution in [0, 0.1) is 0 Å². The van der Waals surface area contributed by atoms with E-state index in [1.165, 1.54) is 18.2 Å². The molecule has 0 rings (SSSR count). The quantitative estimate of drug-likeness (QED) is 0.448. The van der Waals surface area contributed by atoms with Gasteiger partial charge >= 0.3 is 7.60 Å². The first-order valence-corrected chi connectivity index (χ1v) is 5.62. The van der Waals surface area contributed by atoms with Crippen molar-refractivity contribution in [2.45, 2.75) is 0 Å². The highest BCUT2D eigenvalue weighted by Crippen LogP contribution is 2.47. The van der Waals surface area contributed by atoms with Crippen LogP contribution in [-0.4, -0.2) is 19.4 Å². The molecule has 0 aliphatic rings. The van der Waals surface area contributed by atoms with Crippen molar-refractivity contribution in [2.75, 3.05) is 19.4 Å². The van der Waals surface area contributed by atoms with Gasteiger partial charge in [0, 0.05) is 0 Å².